The van der Waals surface area contributed by atoms with Crippen LogP contribution in [0.15, 0.2) is 24.3 Å². The molecule has 1 unspecified atom stereocenters. The van der Waals surface area contributed by atoms with Gasteiger partial charge in [0.2, 0.25) is 11.8 Å². The zero-order valence-electron chi connectivity index (χ0n) is 11.6. The van der Waals surface area contributed by atoms with Crippen LogP contribution in [0.25, 0.3) is 0 Å². The number of anilines is 1. The number of carbonyl (C=O) groups is 2. The van der Waals surface area contributed by atoms with Crippen LogP contribution in [-0.4, -0.2) is 24.9 Å². The van der Waals surface area contributed by atoms with Crippen molar-refractivity contribution in [2.24, 2.45) is 0 Å². The summed E-state index contributed by atoms with van der Waals surface area (Å²) in [6.07, 6.45) is 0. The van der Waals surface area contributed by atoms with Gasteiger partial charge in [0.25, 0.3) is 0 Å². The van der Waals surface area contributed by atoms with Gasteiger partial charge in [0.1, 0.15) is 0 Å². The molecule has 0 aliphatic heterocycles. The fraction of sp³-hybridized carbons (Fsp3) is 0.429. The molecular formula is C14H21N3O2. The summed E-state index contributed by atoms with van der Waals surface area (Å²) < 4.78 is 0. The molecule has 5 heteroatoms. The Morgan fingerprint density at radius 1 is 1.16 bits per heavy atom. The first-order chi connectivity index (χ1) is 8.99. The zero-order chi connectivity index (χ0) is 14.3. The van der Waals surface area contributed by atoms with Crippen molar-refractivity contribution >= 4 is 17.5 Å². The van der Waals surface area contributed by atoms with E-state index in [2.05, 4.69) is 16.0 Å². The molecule has 0 aliphatic rings. The Balaban J connectivity index is 2.49. The monoisotopic (exact) mass is 263 g/mol. The number of hydrogen-bond acceptors (Lipinski definition) is 3. The van der Waals surface area contributed by atoms with E-state index in [0.29, 0.717) is 13.1 Å². The molecule has 0 bridgehead atoms. The van der Waals surface area contributed by atoms with Crippen molar-refractivity contribution in [2.75, 3.05) is 18.4 Å². The quantitative estimate of drug-likeness (QED) is 0.680. The number of amides is 2. The standard InChI is InChI=1S/C14H21N3O2/c1-10(15-7-8-16-11(2)18)13-5-4-6-14(9-13)17-12(3)19/h4-6,9-10,15H,7-8H2,1-3H3,(H,16,18)(H,17,19). The molecule has 0 aliphatic carbocycles. The summed E-state index contributed by atoms with van der Waals surface area (Å²) in [5.74, 6) is -0.106. The molecule has 0 aromatic heterocycles. The fourth-order valence-electron chi connectivity index (χ4n) is 1.73. The highest BCUT2D eigenvalue weighted by Gasteiger charge is 2.05. The number of benzene rings is 1. The Morgan fingerprint density at radius 3 is 2.53 bits per heavy atom. The molecular weight excluding hydrogens is 242 g/mol. The maximum Gasteiger partial charge on any atom is 0.221 e. The molecule has 1 aromatic rings. The van der Waals surface area contributed by atoms with E-state index >= 15 is 0 Å². The van der Waals surface area contributed by atoms with Crippen molar-refractivity contribution in [3.63, 3.8) is 0 Å². The van der Waals surface area contributed by atoms with E-state index in [1.807, 2.05) is 31.2 Å². The molecule has 0 saturated heterocycles. The van der Waals surface area contributed by atoms with Gasteiger partial charge in [-0.1, -0.05) is 12.1 Å². The molecule has 19 heavy (non-hydrogen) atoms. The van der Waals surface area contributed by atoms with E-state index in [-0.39, 0.29) is 17.9 Å². The predicted molar refractivity (Wildman–Crippen MR) is 75.8 cm³/mol. The van der Waals surface area contributed by atoms with Crippen LogP contribution in [0.4, 0.5) is 5.69 Å². The number of hydrogen-bond donors (Lipinski definition) is 3. The Morgan fingerprint density at radius 2 is 1.89 bits per heavy atom. The molecule has 3 N–H and O–H groups in total. The highest BCUT2D eigenvalue weighted by Crippen LogP contribution is 2.17. The number of rotatable bonds is 6. The van der Waals surface area contributed by atoms with Gasteiger partial charge in [-0.2, -0.15) is 0 Å². The van der Waals surface area contributed by atoms with Crippen LogP contribution in [0.1, 0.15) is 32.4 Å². The van der Waals surface area contributed by atoms with Crippen molar-refractivity contribution in [2.45, 2.75) is 26.8 Å². The van der Waals surface area contributed by atoms with Gasteiger partial charge in [-0.05, 0) is 24.6 Å². The first-order valence-electron chi connectivity index (χ1n) is 6.34. The van der Waals surface area contributed by atoms with Gasteiger partial charge < -0.3 is 16.0 Å². The summed E-state index contributed by atoms with van der Waals surface area (Å²) in [5.41, 5.74) is 1.88. The minimum absolute atomic E-state index is 0.0258. The third-order valence-corrected chi connectivity index (χ3v) is 2.66. The second kappa shape index (κ2) is 7.53. The lowest BCUT2D eigenvalue weighted by Gasteiger charge is -2.15. The van der Waals surface area contributed by atoms with Crippen molar-refractivity contribution < 1.29 is 9.59 Å². The van der Waals surface area contributed by atoms with E-state index in [9.17, 15) is 9.59 Å². The van der Waals surface area contributed by atoms with E-state index in [1.165, 1.54) is 13.8 Å². The SMILES string of the molecule is CC(=O)NCCNC(C)c1cccc(NC(C)=O)c1. The largest absolute Gasteiger partial charge is 0.355 e. The topological polar surface area (TPSA) is 70.2 Å². The van der Waals surface area contributed by atoms with Crippen LogP contribution in [-0.2, 0) is 9.59 Å². The van der Waals surface area contributed by atoms with Gasteiger partial charge in [0.05, 0.1) is 0 Å². The molecule has 1 aromatic carbocycles. The second-order valence-electron chi connectivity index (χ2n) is 4.47. The fourth-order valence-corrected chi connectivity index (χ4v) is 1.73. The average molecular weight is 263 g/mol. The molecule has 1 rings (SSSR count). The second-order valence-corrected chi connectivity index (χ2v) is 4.47. The molecule has 1 atom stereocenters. The third kappa shape index (κ3) is 6.01. The molecule has 0 heterocycles. The van der Waals surface area contributed by atoms with Gasteiger partial charge in [-0.3, -0.25) is 9.59 Å². The molecule has 0 fully saturated rings. The Hall–Kier alpha value is -1.88. The summed E-state index contributed by atoms with van der Waals surface area (Å²) in [7, 11) is 0. The lowest BCUT2D eigenvalue weighted by atomic mass is 10.1. The first kappa shape index (κ1) is 15.2. The lowest BCUT2D eigenvalue weighted by molar-refractivity contribution is -0.119. The highest BCUT2D eigenvalue weighted by molar-refractivity contribution is 5.88. The minimum Gasteiger partial charge on any atom is -0.355 e. The van der Waals surface area contributed by atoms with Crippen molar-refractivity contribution in [1.82, 2.24) is 10.6 Å². The summed E-state index contributed by atoms with van der Waals surface area (Å²) in [6, 6.07) is 7.86. The molecule has 0 saturated carbocycles. The highest BCUT2D eigenvalue weighted by atomic mass is 16.2. The third-order valence-electron chi connectivity index (χ3n) is 2.66. The Bertz CT molecular complexity index is 446. The maximum absolute atomic E-state index is 11.0. The average Bonchev–Trinajstić information content (AvgIpc) is 2.33. The predicted octanol–water partition coefficient (Wildman–Crippen LogP) is 1.43. The first-order valence-corrected chi connectivity index (χ1v) is 6.34. The van der Waals surface area contributed by atoms with Crippen molar-refractivity contribution in [3.05, 3.63) is 29.8 Å². The van der Waals surface area contributed by atoms with E-state index in [0.717, 1.165) is 11.3 Å². The zero-order valence-corrected chi connectivity index (χ0v) is 11.6. The summed E-state index contributed by atoms with van der Waals surface area (Å²) in [6.45, 7) is 6.33. The van der Waals surface area contributed by atoms with Crippen molar-refractivity contribution in [3.8, 4) is 0 Å². The van der Waals surface area contributed by atoms with Gasteiger partial charge in [-0.25, -0.2) is 0 Å². The van der Waals surface area contributed by atoms with Crippen LogP contribution >= 0.6 is 0 Å². The molecule has 5 nitrogen and oxygen atoms in total. The van der Waals surface area contributed by atoms with E-state index < -0.39 is 0 Å². The molecule has 2 amide bonds. The Kier molecular flexibility index (Phi) is 6.02. The lowest BCUT2D eigenvalue weighted by Crippen LogP contribution is -2.31. The maximum atomic E-state index is 11.0. The smallest absolute Gasteiger partial charge is 0.221 e. The Labute approximate surface area is 113 Å². The summed E-state index contributed by atoms with van der Waals surface area (Å²) in [4.78, 5) is 21.7. The molecule has 0 spiro atoms. The number of nitrogens with one attached hydrogen (secondary N) is 3. The minimum atomic E-state index is -0.0802. The molecule has 0 radical (unpaired) electrons. The van der Waals surface area contributed by atoms with E-state index in [1.54, 1.807) is 0 Å². The van der Waals surface area contributed by atoms with Gasteiger partial charge in [-0.15, -0.1) is 0 Å². The summed E-state index contributed by atoms with van der Waals surface area (Å²) in [5, 5.41) is 8.80. The van der Waals surface area contributed by atoms with Crippen LogP contribution < -0.4 is 16.0 Å². The van der Waals surface area contributed by atoms with Crippen molar-refractivity contribution in [1.29, 1.82) is 0 Å². The van der Waals surface area contributed by atoms with E-state index in [4.69, 9.17) is 0 Å². The summed E-state index contributed by atoms with van der Waals surface area (Å²) >= 11 is 0. The van der Waals surface area contributed by atoms with Gasteiger partial charge in [0, 0.05) is 38.7 Å². The van der Waals surface area contributed by atoms with Crippen LogP contribution in [0, 0.1) is 0 Å². The van der Waals surface area contributed by atoms with Crippen LogP contribution in [0.5, 0.6) is 0 Å². The van der Waals surface area contributed by atoms with Gasteiger partial charge >= 0.3 is 0 Å². The normalized spacial score (nSPS) is 11.7. The van der Waals surface area contributed by atoms with Gasteiger partial charge in [0.15, 0.2) is 0 Å². The number of carbonyl (C=O) groups excluding carboxylic acids is 2. The molecule has 104 valence electrons. The van der Waals surface area contributed by atoms with Crippen LogP contribution in [0.3, 0.4) is 0 Å². The van der Waals surface area contributed by atoms with Crippen LogP contribution in [0.2, 0.25) is 0 Å².